The maximum atomic E-state index is 8.62. The van der Waals surface area contributed by atoms with Gasteiger partial charge in [-0.3, -0.25) is 0 Å². The number of methoxy groups -OCH3 is 1. The Balaban J connectivity index is 3.12. The standard InChI is InChI=1S/C11H22N2O4/c1-11(13,9-12)10-17-8-7-16-6-5-15-4-3-14-2/h3-8,10,13H2,1-2H3. The molecule has 0 aromatic rings. The second-order valence-electron chi connectivity index (χ2n) is 3.80. The molecule has 0 aliphatic rings. The summed E-state index contributed by atoms with van der Waals surface area (Å²) in [6, 6.07) is 1.95. The van der Waals surface area contributed by atoms with E-state index in [-0.39, 0.29) is 6.61 Å². The third-order valence-corrected chi connectivity index (χ3v) is 1.83. The second-order valence-corrected chi connectivity index (χ2v) is 3.80. The van der Waals surface area contributed by atoms with Crippen LogP contribution in [0.5, 0.6) is 0 Å². The number of rotatable bonds is 11. The average molecular weight is 246 g/mol. The molecule has 6 heteroatoms. The molecule has 0 aliphatic carbocycles. The molecule has 0 aromatic heterocycles. The average Bonchev–Trinajstić information content (AvgIpc) is 2.31. The highest BCUT2D eigenvalue weighted by molar-refractivity contribution is 5.00. The van der Waals surface area contributed by atoms with E-state index < -0.39 is 5.54 Å². The fourth-order valence-corrected chi connectivity index (χ4v) is 0.899. The zero-order chi connectivity index (χ0) is 13.0. The van der Waals surface area contributed by atoms with Gasteiger partial charge in [0.15, 0.2) is 0 Å². The summed E-state index contributed by atoms with van der Waals surface area (Å²) in [6.07, 6.45) is 0. The van der Waals surface area contributed by atoms with Gasteiger partial charge >= 0.3 is 0 Å². The van der Waals surface area contributed by atoms with Gasteiger partial charge in [-0.1, -0.05) is 0 Å². The van der Waals surface area contributed by atoms with E-state index >= 15 is 0 Å². The highest BCUT2D eigenvalue weighted by Crippen LogP contribution is 1.96. The molecule has 0 bridgehead atoms. The minimum absolute atomic E-state index is 0.206. The first-order valence-corrected chi connectivity index (χ1v) is 5.54. The molecule has 0 heterocycles. The van der Waals surface area contributed by atoms with Crippen molar-refractivity contribution in [2.24, 2.45) is 5.73 Å². The first-order chi connectivity index (χ1) is 8.12. The van der Waals surface area contributed by atoms with Crippen LogP contribution in [-0.4, -0.2) is 58.9 Å². The Labute approximate surface area is 103 Å². The van der Waals surface area contributed by atoms with E-state index in [2.05, 4.69) is 0 Å². The number of ether oxygens (including phenoxy) is 4. The second kappa shape index (κ2) is 10.4. The lowest BCUT2D eigenvalue weighted by Gasteiger charge is -2.15. The molecule has 0 aliphatic heterocycles. The molecule has 0 radical (unpaired) electrons. The number of nitrogens with two attached hydrogens (primary N) is 1. The van der Waals surface area contributed by atoms with Crippen molar-refractivity contribution < 1.29 is 18.9 Å². The van der Waals surface area contributed by atoms with Gasteiger partial charge in [0.25, 0.3) is 0 Å². The fourth-order valence-electron chi connectivity index (χ4n) is 0.899. The van der Waals surface area contributed by atoms with E-state index in [1.54, 1.807) is 14.0 Å². The van der Waals surface area contributed by atoms with Gasteiger partial charge in [0.1, 0.15) is 5.54 Å². The van der Waals surface area contributed by atoms with E-state index in [0.717, 1.165) is 0 Å². The van der Waals surface area contributed by atoms with Gasteiger partial charge in [-0.05, 0) is 6.92 Å². The lowest BCUT2D eigenvalue weighted by Crippen LogP contribution is -2.39. The maximum absolute atomic E-state index is 8.62. The van der Waals surface area contributed by atoms with Crippen LogP contribution < -0.4 is 5.73 Å². The monoisotopic (exact) mass is 246 g/mol. The third kappa shape index (κ3) is 11.6. The van der Waals surface area contributed by atoms with Crippen molar-refractivity contribution in [3.63, 3.8) is 0 Å². The first kappa shape index (κ1) is 16.3. The largest absolute Gasteiger partial charge is 0.382 e. The van der Waals surface area contributed by atoms with Gasteiger partial charge < -0.3 is 24.7 Å². The predicted octanol–water partition coefficient (Wildman–Crippen LogP) is -0.0764. The van der Waals surface area contributed by atoms with Gasteiger partial charge in [0.05, 0.1) is 52.3 Å². The molecule has 100 valence electrons. The lowest BCUT2D eigenvalue weighted by molar-refractivity contribution is 0.0000418. The van der Waals surface area contributed by atoms with Crippen LogP contribution in [0.3, 0.4) is 0 Å². The summed E-state index contributed by atoms with van der Waals surface area (Å²) in [7, 11) is 1.63. The highest BCUT2D eigenvalue weighted by atomic mass is 16.6. The fraction of sp³-hybridized carbons (Fsp3) is 0.909. The Morgan fingerprint density at radius 1 is 1.00 bits per heavy atom. The summed E-state index contributed by atoms with van der Waals surface area (Å²) in [5.74, 6) is 0. The Morgan fingerprint density at radius 3 is 1.94 bits per heavy atom. The Morgan fingerprint density at radius 2 is 1.47 bits per heavy atom. The summed E-state index contributed by atoms with van der Waals surface area (Å²) in [4.78, 5) is 0. The van der Waals surface area contributed by atoms with Crippen molar-refractivity contribution >= 4 is 0 Å². The van der Waals surface area contributed by atoms with Crippen LogP contribution >= 0.6 is 0 Å². The van der Waals surface area contributed by atoms with Crippen LogP contribution in [0.1, 0.15) is 6.92 Å². The number of hydrogen-bond donors (Lipinski definition) is 1. The summed E-state index contributed by atoms with van der Waals surface area (Å²) in [5.41, 5.74) is 4.64. The van der Waals surface area contributed by atoms with E-state index in [1.807, 2.05) is 6.07 Å². The Kier molecular flexibility index (Phi) is 10.0. The van der Waals surface area contributed by atoms with E-state index in [0.29, 0.717) is 39.6 Å². The molecule has 0 rings (SSSR count). The summed E-state index contributed by atoms with van der Waals surface area (Å²) >= 11 is 0. The summed E-state index contributed by atoms with van der Waals surface area (Å²) < 4.78 is 20.5. The molecule has 0 amide bonds. The van der Waals surface area contributed by atoms with Crippen molar-refractivity contribution in [3.05, 3.63) is 0 Å². The molecule has 1 unspecified atom stereocenters. The van der Waals surface area contributed by atoms with Crippen molar-refractivity contribution in [2.45, 2.75) is 12.5 Å². The van der Waals surface area contributed by atoms with Crippen molar-refractivity contribution in [1.82, 2.24) is 0 Å². The SMILES string of the molecule is COCCOCCOCCOCC(C)(N)C#N. The number of hydrogen-bond acceptors (Lipinski definition) is 6. The molecule has 0 fully saturated rings. The number of nitrogens with zero attached hydrogens (tertiary/aromatic N) is 1. The molecule has 17 heavy (non-hydrogen) atoms. The van der Waals surface area contributed by atoms with Crippen molar-refractivity contribution in [2.75, 3.05) is 53.4 Å². The van der Waals surface area contributed by atoms with Crippen LogP contribution in [0.2, 0.25) is 0 Å². The molecule has 6 nitrogen and oxygen atoms in total. The molecule has 0 aromatic carbocycles. The van der Waals surface area contributed by atoms with Crippen LogP contribution in [0, 0.1) is 11.3 Å². The smallest absolute Gasteiger partial charge is 0.124 e. The maximum Gasteiger partial charge on any atom is 0.124 e. The Bertz CT molecular complexity index is 216. The minimum Gasteiger partial charge on any atom is -0.382 e. The van der Waals surface area contributed by atoms with Gasteiger partial charge in [0.2, 0.25) is 0 Å². The highest BCUT2D eigenvalue weighted by Gasteiger charge is 2.16. The van der Waals surface area contributed by atoms with Crippen LogP contribution in [0.25, 0.3) is 0 Å². The van der Waals surface area contributed by atoms with E-state index in [1.165, 1.54) is 0 Å². The quantitative estimate of drug-likeness (QED) is 0.513. The molecule has 1 atom stereocenters. The van der Waals surface area contributed by atoms with Gasteiger partial charge in [0, 0.05) is 7.11 Å². The molecular weight excluding hydrogens is 224 g/mol. The zero-order valence-corrected chi connectivity index (χ0v) is 10.6. The van der Waals surface area contributed by atoms with E-state index in [4.69, 9.17) is 29.9 Å². The minimum atomic E-state index is -0.927. The molecule has 2 N–H and O–H groups in total. The van der Waals surface area contributed by atoms with Gasteiger partial charge in [-0.15, -0.1) is 0 Å². The molecule has 0 saturated carbocycles. The van der Waals surface area contributed by atoms with Crippen LogP contribution in [0.15, 0.2) is 0 Å². The van der Waals surface area contributed by atoms with Gasteiger partial charge in [-0.25, -0.2) is 0 Å². The molecule has 0 spiro atoms. The Hall–Kier alpha value is -0.710. The topological polar surface area (TPSA) is 86.7 Å². The predicted molar refractivity (Wildman–Crippen MR) is 62.5 cm³/mol. The van der Waals surface area contributed by atoms with E-state index in [9.17, 15) is 0 Å². The first-order valence-electron chi connectivity index (χ1n) is 5.54. The summed E-state index contributed by atoms with van der Waals surface area (Å²) in [6.45, 7) is 4.94. The molecular formula is C11H22N2O4. The van der Waals surface area contributed by atoms with Crippen LogP contribution in [0.4, 0.5) is 0 Å². The van der Waals surface area contributed by atoms with Crippen LogP contribution in [-0.2, 0) is 18.9 Å². The normalized spacial score (nSPS) is 14.2. The van der Waals surface area contributed by atoms with Gasteiger partial charge in [-0.2, -0.15) is 5.26 Å². The zero-order valence-electron chi connectivity index (χ0n) is 10.6. The third-order valence-electron chi connectivity index (χ3n) is 1.83. The lowest BCUT2D eigenvalue weighted by atomic mass is 10.1. The van der Waals surface area contributed by atoms with Crippen molar-refractivity contribution in [3.8, 4) is 6.07 Å². The van der Waals surface area contributed by atoms with Crippen molar-refractivity contribution in [1.29, 1.82) is 5.26 Å². The summed E-state index contributed by atoms with van der Waals surface area (Å²) in [5, 5.41) is 8.62. The molecule has 0 saturated heterocycles. The number of nitriles is 1.